The van der Waals surface area contributed by atoms with Crippen LogP contribution in [0.5, 0.6) is 11.5 Å². The quantitative estimate of drug-likeness (QED) is 0.864. The second-order valence-electron chi connectivity index (χ2n) is 6.95. The Morgan fingerprint density at radius 2 is 1.67 bits per heavy atom. The molecule has 1 amide bonds. The van der Waals surface area contributed by atoms with Crippen LogP contribution < -0.4 is 9.47 Å². The molecule has 2 aromatic carbocycles. The van der Waals surface area contributed by atoms with E-state index in [4.69, 9.17) is 9.47 Å². The third-order valence-electron chi connectivity index (χ3n) is 4.04. The molecule has 0 aliphatic carbocycles. The van der Waals surface area contributed by atoms with Crippen molar-refractivity contribution in [2.75, 3.05) is 6.61 Å². The molecule has 0 saturated heterocycles. The van der Waals surface area contributed by atoms with Crippen LogP contribution >= 0.6 is 0 Å². The Morgan fingerprint density at radius 1 is 1.04 bits per heavy atom. The van der Waals surface area contributed by atoms with Gasteiger partial charge >= 0.3 is 0 Å². The van der Waals surface area contributed by atoms with Gasteiger partial charge in [0.15, 0.2) is 11.5 Å². The number of rotatable bonds is 3. The number of fused-ring (bicyclic) bond motifs is 1. The average Bonchev–Trinajstić information content (AvgIpc) is 2.58. The maximum atomic E-state index is 13.1. The van der Waals surface area contributed by atoms with Gasteiger partial charge in [-0.3, -0.25) is 4.79 Å². The fraction of sp³-hybridized carbons (Fsp3) is 0.350. The first-order valence-corrected chi connectivity index (χ1v) is 8.19. The third-order valence-corrected chi connectivity index (χ3v) is 4.04. The Balaban J connectivity index is 1.80. The Kier molecular flexibility index (Phi) is 4.47. The number of amides is 1. The summed E-state index contributed by atoms with van der Waals surface area (Å²) in [7, 11) is 0. The van der Waals surface area contributed by atoms with Crippen LogP contribution in [0.25, 0.3) is 0 Å². The molecule has 1 aliphatic rings. The molecule has 4 heteroatoms. The summed E-state index contributed by atoms with van der Waals surface area (Å²) in [5.74, 6) is 1.25. The van der Waals surface area contributed by atoms with Crippen LogP contribution in [0.15, 0.2) is 54.6 Å². The van der Waals surface area contributed by atoms with Gasteiger partial charge in [-0.15, -0.1) is 0 Å². The van der Waals surface area contributed by atoms with E-state index in [1.807, 2.05) is 80.3 Å². The second-order valence-corrected chi connectivity index (χ2v) is 6.95. The summed E-state index contributed by atoms with van der Waals surface area (Å²) in [6.45, 7) is 6.88. The van der Waals surface area contributed by atoms with Crippen LogP contribution in [0, 0.1) is 0 Å². The van der Waals surface area contributed by atoms with Gasteiger partial charge < -0.3 is 14.4 Å². The van der Waals surface area contributed by atoms with Gasteiger partial charge in [0.25, 0.3) is 5.91 Å². The maximum absolute atomic E-state index is 13.1. The summed E-state index contributed by atoms with van der Waals surface area (Å²) < 4.78 is 11.6. The van der Waals surface area contributed by atoms with E-state index in [0.717, 1.165) is 5.56 Å². The van der Waals surface area contributed by atoms with Crippen molar-refractivity contribution in [3.05, 3.63) is 60.2 Å². The van der Waals surface area contributed by atoms with E-state index in [1.165, 1.54) is 0 Å². The molecule has 0 aromatic heterocycles. The lowest BCUT2D eigenvalue weighted by Crippen LogP contribution is -2.53. The first-order chi connectivity index (χ1) is 11.4. The van der Waals surface area contributed by atoms with E-state index in [-0.39, 0.29) is 18.1 Å². The number of para-hydroxylation sites is 2. The molecule has 1 heterocycles. The molecule has 0 saturated carbocycles. The zero-order valence-electron chi connectivity index (χ0n) is 14.4. The minimum absolute atomic E-state index is 0.0548. The fourth-order valence-corrected chi connectivity index (χ4v) is 2.73. The van der Waals surface area contributed by atoms with Crippen LogP contribution in [-0.4, -0.2) is 29.1 Å². The van der Waals surface area contributed by atoms with Crippen molar-refractivity contribution >= 4 is 5.91 Å². The van der Waals surface area contributed by atoms with Gasteiger partial charge in [0.1, 0.15) is 6.61 Å². The van der Waals surface area contributed by atoms with Crippen LogP contribution in [0.4, 0.5) is 0 Å². The molecule has 126 valence electrons. The standard InChI is InChI=1S/C20H23NO3/c1-20(2,3)21(13-15-9-5-4-6-10-15)19(22)18-14-23-16-11-7-8-12-17(16)24-18/h4-12,18H,13-14H2,1-3H3/t18-/m1/s1. The maximum Gasteiger partial charge on any atom is 0.268 e. The monoisotopic (exact) mass is 325 g/mol. The SMILES string of the molecule is CC(C)(C)N(Cc1ccccc1)C(=O)[C@H]1COc2ccccc2O1. The van der Waals surface area contributed by atoms with Gasteiger partial charge in [0, 0.05) is 12.1 Å². The second kappa shape index (κ2) is 6.56. The number of ether oxygens (including phenoxy) is 2. The van der Waals surface area contributed by atoms with Crippen molar-refractivity contribution in [3.63, 3.8) is 0 Å². The number of nitrogens with zero attached hydrogens (tertiary/aromatic N) is 1. The molecule has 0 spiro atoms. The van der Waals surface area contributed by atoms with Gasteiger partial charge in [-0.25, -0.2) is 0 Å². The molecule has 2 aromatic rings. The highest BCUT2D eigenvalue weighted by Crippen LogP contribution is 2.32. The lowest BCUT2D eigenvalue weighted by Gasteiger charge is -2.39. The van der Waals surface area contributed by atoms with E-state index in [0.29, 0.717) is 18.0 Å². The fourth-order valence-electron chi connectivity index (χ4n) is 2.73. The normalized spacial score (nSPS) is 16.5. The number of hydrogen-bond donors (Lipinski definition) is 0. The van der Waals surface area contributed by atoms with E-state index in [1.54, 1.807) is 0 Å². The molecule has 1 aliphatic heterocycles. The molecular formula is C20H23NO3. The Morgan fingerprint density at radius 3 is 2.33 bits per heavy atom. The number of carbonyl (C=O) groups excluding carboxylic acids is 1. The number of benzene rings is 2. The topological polar surface area (TPSA) is 38.8 Å². The number of hydrogen-bond acceptors (Lipinski definition) is 3. The van der Waals surface area contributed by atoms with Gasteiger partial charge in [-0.1, -0.05) is 42.5 Å². The van der Waals surface area contributed by atoms with Crippen LogP contribution in [0.2, 0.25) is 0 Å². The van der Waals surface area contributed by atoms with Crippen molar-refractivity contribution in [3.8, 4) is 11.5 Å². The molecule has 24 heavy (non-hydrogen) atoms. The highest BCUT2D eigenvalue weighted by atomic mass is 16.6. The molecule has 0 unspecified atom stereocenters. The van der Waals surface area contributed by atoms with Gasteiger partial charge in [-0.05, 0) is 38.5 Å². The molecule has 0 N–H and O–H groups in total. The van der Waals surface area contributed by atoms with E-state index in [2.05, 4.69) is 0 Å². The smallest absolute Gasteiger partial charge is 0.268 e. The molecular weight excluding hydrogens is 302 g/mol. The average molecular weight is 325 g/mol. The molecule has 1 atom stereocenters. The molecule has 0 fully saturated rings. The summed E-state index contributed by atoms with van der Waals surface area (Å²) in [5.41, 5.74) is 0.783. The van der Waals surface area contributed by atoms with Crippen LogP contribution in [0.3, 0.4) is 0 Å². The van der Waals surface area contributed by atoms with E-state index < -0.39 is 6.10 Å². The van der Waals surface area contributed by atoms with Gasteiger partial charge in [-0.2, -0.15) is 0 Å². The molecule has 0 bridgehead atoms. The summed E-state index contributed by atoms with van der Waals surface area (Å²) >= 11 is 0. The van der Waals surface area contributed by atoms with Gasteiger partial charge in [0.2, 0.25) is 6.10 Å². The molecule has 0 radical (unpaired) electrons. The first-order valence-electron chi connectivity index (χ1n) is 8.19. The Bertz CT molecular complexity index is 706. The highest BCUT2D eigenvalue weighted by Gasteiger charge is 2.35. The lowest BCUT2D eigenvalue weighted by molar-refractivity contribution is -0.147. The third kappa shape index (κ3) is 3.53. The largest absolute Gasteiger partial charge is 0.485 e. The van der Waals surface area contributed by atoms with Crippen molar-refractivity contribution in [2.45, 2.75) is 39.0 Å². The highest BCUT2D eigenvalue weighted by molar-refractivity contribution is 5.82. The predicted octanol–water partition coefficient (Wildman–Crippen LogP) is 3.65. The molecule has 3 rings (SSSR count). The first kappa shape index (κ1) is 16.4. The van der Waals surface area contributed by atoms with Gasteiger partial charge in [0.05, 0.1) is 0 Å². The minimum Gasteiger partial charge on any atom is -0.485 e. The minimum atomic E-state index is -0.622. The summed E-state index contributed by atoms with van der Waals surface area (Å²) in [6.07, 6.45) is -0.622. The zero-order valence-corrected chi connectivity index (χ0v) is 14.4. The summed E-state index contributed by atoms with van der Waals surface area (Å²) in [5, 5.41) is 0. The van der Waals surface area contributed by atoms with E-state index >= 15 is 0 Å². The van der Waals surface area contributed by atoms with Crippen LogP contribution in [-0.2, 0) is 11.3 Å². The summed E-state index contributed by atoms with van der Waals surface area (Å²) in [6, 6.07) is 17.4. The molecule has 4 nitrogen and oxygen atoms in total. The van der Waals surface area contributed by atoms with Crippen molar-refractivity contribution in [1.29, 1.82) is 0 Å². The van der Waals surface area contributed by atoms with Crippen LogP contribution in [0.1, 0.15) is 26.3 Å². The van der Waals surface area contributed by atoms with Crippen molar-refractivity contribution < 1.29 is 14.3 Å². The number of carbonyl (C=O) groups is 1. The van der Waals surface area contributed by atoms with E-state index in [9.17, 15) is 4.79 Å². The van der Waals surface area contributed by atoms with Crippen molar-refractivity contribution in [2.24, 2.45) is 0 Å². The summed E-state index contributed by atoms with van der Waals surface area (Å²) in [4.78, 5) is 14.9. The predicted molar refractivity (Wildman–Crippen MR) is 93.1 cm³/mol. The lowest BCUT2D eigenvalue weighted by atomic mass is 10.0. The Labute approximate surface area is 143 Å². The Hall–Kier alpha value is -2.49. The van der Waals surface area contributed by atoms with Crippen molar-refractivity contribution in [1.82, 2.24) is 4.90 Å². The zero-order chi connectivity index (χ0) is 17.2.